The first-order valence-electron chi connectivity index (χ1n) is 8.81. The molecular formula is C18H11ClF6N6O. The van der Waals surface area contributed by atoms with Crippen molar-refractivity contribution in [2.45, 2.75) is 25.3 Å². The molecule has 3 aromatic heterocycles. The van der Waals surface area contributed by atoms with Gasteiger partial charge in [-0.25, -0.2) is 9.97 Å². The lowest BCUT2D eigenvalue weighted by Gasteiger charge is -2.13. The standard InChI is InChI=1S/C18H11ClF6N6O/c1-8(15-27-7-28-31(15)14-3-2-9(6-26-14)17(20,21)22)29-16-30-12-4-10(18(23,24)25)11(19)5-13(12)32-16/h2-8H,1H3,(H,29,30). The van der Waals surface area contributed by atoms with E-state index in [9.17, 15) is 26.3 Å². The van der Waals surface area contributed by atoms with Crippen LogP contribution in [0.2, 0.25) is 5.02 Å². The van der Waals surface area contributed by atoms with Gasteiger partial charge in [0.15, 0.2) is 17.2 Å². The summed E-state index contributed by atoms with van der Waals surface area (Å²) < 4.78 is 83.9. The van der Waals surface area contributed by atoms with E-state index in [0.717, 1.165) is 24.3 Å². The fraction of sp³-hybridized carbons (Fsp3) is 0.222. The Balaban J connectivity index is 1.60. The van der Waals surface area contributed by atoms with E-state index in [2.05, 4.69) is 25.4 Å². The van der Waals surface area contributed by atoms with Crippen LogP contribution in [0.25, 0.3) is 16.9 Å². The second-order valence-corrected chi connectivity index (χ2v) is 7.02. The van der Waals surface area contributed by atoms with Crippen molar-refractivity contribution < 1.29 is 30.8 Å². The quantitative estimate of drug-likeness (QED) is 0.382. The summed E-state index contributed by atoms with van der Waals surface area (Å²) in [5.74, 6) is 0.326. The Morgan fingerprint density at radius 3 is 2.44 bits per heavy atom. The lowest BCUT2D eigenvalue weighted by molar-refractivity contribution is -0.138. The van der Waals surface area contributed by atoms with Gasteiger partial charge in [0, 0.05) is 12.3 Å². The molecule has 4 rings (SSSR count). The Morgan fingerprint density at radius 2 is 1.81 bits per heavy atom. The van der Waals surface area contributed by atoms with Crippen molar-refractivity contribution in [3.8, 4) is 5.82 Å². The zero-order valence-corrected chi connectivity index (χ0v) is 16.6. The van der Waals surface area contributed by atoms with Crippen LogP contribution < -0.4 is 5.32 Å². The maximum absolute atomic E-state index is 13.0. The minimum atomic E-state index is -4.66. The number of nitrogens with one attached hydrogen (secondary N) is 1. The van der Waals surface area contributed by atoms with E-state index < -0.39 is 34.5 Å². The Morgan fingerprint density at radius 1 is 1.06 bits per heavy atom. The second kappa shape index (κ2) is 7.65. The molecule has 0 fully saturated rings. The second-order valence-electron chi connectivity index (χ2n) is 6.62. The molecule has 1 N–H and O–H groups in total. The first-order chi connectivity index (χ1) is 14.9. The van der Waals surface area contributed by atoms with Gasteiger partial charge in [-0.1, -0.05) is 11.6 Å². The minimum Gasteiger partial charge on any atom is -0.423 e. The summed E-state index contributed by atoms with van der Waals surface area (Å²) in [5, 5.41) is 6.25. The Bertz CT molecular complexity index is 1260. The van der Waals surface area contributed by atoms with Crippen molar-refractivity contribution in [3.05, 3.63) is 58.8 Å². The summed E-state index contributed by atoms with van der Waals surface area (Å²) in [6.45, 7) is 1.62. The number of hydrogen-bond acceptors (Lipinski definition) is 6. The van der Waals surface area contributed by atoms with E-state index in [1.807, 2.05) is 0 Å². The van der Waals surface area contributed by atoms with Crippen LogP contribution in [-0.2, 0) is 12.4 Å². The minimum absolute atomic E-state index is 0.0311. The van der Waals surface area contributed by atoms with Gasteiger partial charge in [0.2, 0.25) is 0 Å². The van der Waals surface area contributed by atoms with Gasteiger partial charge >= 0.3 is 12.4 Å². The summed E-state index contributed by atoms with van der Waals surface area (Å²) >= 11 is 5.68. The molecule has 0 aliphatic carbocycles. The maximum atomic E-state index is 13.0. The monoisotopic (exact) mass is 476 g/mol. The fourth-order valence-electron chi connectivity index (χ4n) is 2.88. The van der Waals surface area contributed by atoms with Crippen LogP contribution in [0.4, 0.5) is 32.4 Å². The predicted molar refractivity (Wildman–Crippen MR) is 100 cm³/mol. The SMILES string of the molecule is CC(Nc1nc2cc(C(F)(F)F)c(Cl)cc2o1)c1ncnn1-c1ccc(C(F)(F)F)cn1. The van der Waals surface area contributed by atoms with Crippen molar-refractivity contribution in [3.63, 3.8) is 0 Å². The van der Waals surface area contributed by atoms with Gasteiger partial charge in [-0.15, -0.1) is 0 Å². The van der Waals surface area contributed by atoms with Crippen molar-refractivity contribution >= 4 is 28.7 Å². The number of fused-ring (bicyclic) bond motifs is 1. The molecule has 14 heteroatoms. The number of benzene rings is 1. The number of aromatic nitrogens is 5. The first kappa shape index (κ1) is 21.9. The number of pyridine rings is 1. The van der Waals surface area contributed by atoms with Gasteiger partial charge in [0.1, 0.15) is 11.8 Å². The number of nitrogens with zero attached hydrogens (tertiary/aromatic N) is 5. The third kappa shape index (κ3) is 4.20. The largest absolute Gasteiger partial charge is 0.423 e. The molecule has 0 spiro atoms. The summed E-state index contributed by atoms with van der Waals surface area (Å²) in [6.07, 6.45) is -7.35. The third-order valence-corrected chi connectivity index (χ3v) is 4.69. The van der Waals surface area contributed by atoms with Crippen molar-refractivity contribution in [2.24, 2.45) is 0 Å². The predicted octanol–water partition coefficient (Wildman–Crippen LogP) is 5.67. The first-order valence-corrected chi connectivity index (χ1v) is 9.18. The molecule has 3 heterocycles. The summed E-state index contributed by atoms with van der Waals surface area (Å²) in [6, 6.07) is 3.00. The van der Waals surface area contributed by atoms with Crippen molar-refractivity contribution in [2.75, 3.05) is 5.32 Å². The van der Waals surface area contributed by atoms with Gasteiger partial charge in [0.25, 0.3) is 6.01 Å². The summed E-state index contributed by atoms with van der Waals surface area (Å²) in [5.41, 5.74) is -2.00. The Labute approximate surface area is 180 Å². The van der Waals surface area contributed by atoms with Gasteiger partial charge in [-0.3, -0.25) is 0 Å². The molecular weight excluding hydrogens is 466 g/mol. The molecule has 4 aromatic rings. The van der Waals surface area contributed by atoms with E-state index >= 15 is 0 Å². The zero-order chi connectivity index (χ0) is 23.3. The van der Waals surface area contributed by atoms with Crippen LogP contribution in [0.15, 0.2) is 41.2 Å². The molecule has 0 aliphatic rings. The number of anilines is 1. The molecule has 0 saturated heterocycles. The van der Waals surface area contributed by atoms with Crippen LogP contribution in [-0.4, -0.2) is 24.7 Å². The van der Waals surface area contributed by atoms with Crippen LogP contribution in [0.3, 0.4) is 0 Å². The lowest BCUT2D eigenvalue weighted by atomic mass is 10.2. The molecule has 0 bridgehead atoms. The summed E-state index contributed by atoms with van der Waals surface area (Å²) in [4.78, 5) is 11.8. The molecule has 7 nitrogen and oxygen atoms in total. The van der Waals surface area contributed by atoms with Crippen molar-refractivity contribution in [1.82, 2.24) is 24.7 Å². The van der Waals surface area contributed by atoms with Gasteiger partial charge in [0.05, 0.1) is 22.2 Å². The highest BCUT2D eigenvalue weighted by Gasteiger charge is 2.34. The summed E-state index contributed by atoms with van der Waals surface area (Å²) in [7, 11) is 0. The van der Waals surface area contributed by atoms with Gasteiger partial charge in [-0.05, 0) is 25.1 Å². The molecule has 0 radical (unpaired) electrons. The molecule has 1 aromatic carbocycles. The highest BCUT2D eigenvalue weighted by atomic mass is 35.5. The smallest absolute Gasteiger partial charge is 0.417 e. The molecule has 1 unspecified atom stereocenters. The molecule has 0 amide bonds. The van der Waals surface area contributed by atoms with Crippen LogP contribution in [0, 0.1) is 0 Å². The number of hydrogen-bond donors (Lipinski definition) is 1. The number of oxazole rings is 1. The van der Waals surface area contributed by atoms with Crippen LogP contribution >= 0.6 is 11.6 Å². The van der Waals surface area contributed by atoms with Crippen LogP contribution in [0.1, 0.15) is 29.9 Å². The number of rotatable bonds is 4. The highest BCUT2D eigenvalue weighted by molar-refractivity contribution is 6.32. The Kier molecular flexibility index (Phi) is 5.23. The van der Waals surface area contributed by atoms with Gasteiger partial charge < -0.3 is 9.73 Å². The molecule has 0 saturated carbocycles. The normalized spacial score (nSPS) is 13.5. The van der Waals surface area contributed by atoms with E-state index in [4.69, 9.17) is 16.0 Å². The molecule has 168 valence electrons. The van der Waals surface area contributed by atoms with Gasteiger partial charge in [-0.2, -0.15) is 41.1 Å². The topological polar surface area (TPSA) is 81.7 Å². The number of alkyl halides is 6. The van der Waals surface area contributed by atoms with E-state index in [1.165, 1.54) is 11.0 Å². The molecule has 1 atom stereocenters. The van der Waals surface area contributed by atoms with E-state index in [1.54, 1.807) is 6.92 Å². The lowest BCUT2D eigenvalue weighted by Crippen LogP contribution is -2.15. The van der Waals surface area contributed by atoms with Crippen LogP contribution in [0.5, 0.6) is 0 Å². The zero-order valence-electron chi connectivity index (χ0n) is 15.8. The Hall–Kier alpha value is -3.35. The average Bonchev–Trinajstić information content (AvgIpc) is 3.32. The number of halogens is 7. The highest BCUT2D eigenvalue weighted by Crippen LogP contribution is 2.38. The van der Waals surface area contributed by atoms with Crippen molar-refractivity contribution in [1.29, 1.82) is 0 Å². The maximum Gasteiger partial charge on any atom is 0.417 e. The molecule has 0 aliphatic heterocycles. The van der Waals surface area contributed by atoms with E-state index in [-0.39, 0.29) is 28.8 Å². The fourth-order valence-corrected chi connectivity index (χ4v) is 3.14. The van der Waals surface area contributed by atoms with E-state index in [0.29, 0.717) is 6.20 Å². The average molecular weight is 477 g/mol. The molecule has 32 heavy (non-hydrogen) atoms. The third-order valence-electron chi connectivity index (χ3n) is 4.38.